The smallest absolute Gasteiger partial charge is 0.227 e. The van der Waals surface area contributed by atoms with Crippen LogP contribution in [-0.2, 0) is 4.79 Å². The van der Waals surface area contributed by atoms with Crippen LogP contribution in [0.4, 0.5) is 5.69 Å². The van der Waals surface area contributed by atoms with Gasteiger partial charge in [0, 0.05) is 24.7 Å². The van der Waals surface area contributed by atoms with Crippen LogP contribution in [0.25, 0.3) is 0 Å². The molecule has 0 saturated carbocycles. The molecule has 0 radical (unpaired) electrons. The first-order valence-electron chi connectivity index (χ1n) is 8.51. The van der Waals surface area contributed by atoms with Crippen LogP contribution in [-0.4, -0.2) is 24.2 Å². The molecule has 1 aliphatic heterocycles. The van der Waals surface area contributed by atoms with Gasteiger partial charge in [0.05, 0.1) is 12.6 Å². The Morgan fingerprint density at radius 1 is 1.08 bits per heavy atom. The van der Waals surface area contributed by atoms with E-state index in [1.54, 1.807) is 0 Å². The minimum atomic E-state index is -0.0963. The van der Waals surface area contributed by atoms with Gasteiger partial charge in [-0.05, 0) is 36.6 Å². The summed E-state index contributed by atoms with van der Waals surface area (Å²) in [6, 6.07) is 18.1. The van der Waals surface area contributed by atoms with E-state index in [1.165, 1.54) is 0 Å². The Balaban J connectivity index is 1.68. The van der Waals surface area contributed by atoms with Crippen LogP contribution in [0.5, 0.6) is 0 Å². The average Bonchev–Trinajstić information content (AvgIpc) is 3.06. The molecule has 1 aliphatic rings. The maximum Gasteiger partial charge on any atom is 0.227 e. The predicted octanol–water partition coefficient (Wildman–Crippen LogP) is 3.20. The van der Waals surface area contributed by atoms with Gasteiger partial charge in [0.15, 0.2) is 0 Å². The molecule has 0 spiro atoms. The van der Waals surface area contributed by atoms with Crippen molar-refractivity contribution in [3.05, 3.63) is 65.7 Å². The summed E-state index contributed by atoms with van der Waals surface area (Å²) >= 11 is 0. The number of aliphatic hydroxyl groups is 1. The maximum atomic E-state index is 11.8. The van der Waals surface area contributed by atoms with Crippen LogP contribution in [0.2, 0.25) is 0 Å². The third-order valence-electron chi connectivity index (χ3n) is 4.61. The number of nitrogens with zero attached hydrogens (tertiary/aromatic N) is 1. The second kappa shape index (κ2) is 7.60. The van der Waals surface area contributed by atoms with Gasteiger partial charge in [-0.1, -0.05) is 42.5 Å². The molecule has 2 aromatic carbocycles. The Morgan fingerprint density at radius 3 is 2.38 bits per heavy atom. The Bertz CT molecular complexity index is 670. The third-order valence-corrected chi connectivity index (χ3v) is 4.61. The Kier molecular flexibility index (Phi) is 5.28. The second-order valence-corrected chi connectivity index (χ2v) is 6.27. The van der Waals surface area contributed by atoms with E-state index < -0.39 is 0 Å². The van der Waals surface area contributed by atoms with Crippen LogP contribution in [0, 0.1) is 0 Å². The SMILES string of the molecule is CC(NC(CO)c1ccccc1)c1ccc(N2CCCC2=O)cc1. The number of hydrogen-bond acceptors (Lipinski definition) is 3. The van der Waals surface area contributed by atoms with Crippen molar-refractivity contribution in [1.82, 2.24) is 5.32 Å². The van der Waals surface area contributed by atoms with Crippen molar-refractivity contribution in [3.63, 3.8) is 0 Å². The van der Waals surface area contributed by atoms with Gasteiger partial charge in [-0.3, -0.25) is 4.79 Å². The molecule has 0 aliphatic carbocycles. The van der Waals surface area contributed by atoms with Gasteiger partial charge in [0.25, 0.3) is 0 Å². The average molecular weight is 324 g/mol. The molecule has 2 atom stereocenters. The highest BCUT2D eigenvalue weighted by molar-refractivity contribution is 5.95. The molecular weight excluding hydrogens is 300 g/mol. The van der Waals surface area contributed by atoms with Gasteiger partial charge in [-0.25, -0.2) is 0 Å². The molecule has 4 nitrogen and oxygen atoms in total. The number of rotatable bonds is 6. The second-order valence-electron chi connectivity index (χ2n) is 6.27. The molecule has 3 rings (SSSR count). The van der Waals surface area contributed by atoms with E-state index in [0.29, 0.717) is 6.42 Å². The molecule has 0 aromatic heterocycles. The lowest BCUT2D eigenvalue weighted by atomic mass is 10.0. The van der Waals surface area contributed by atoms with E-state index in [4.69, 9.17) is 0 Å². The van der Waals surface area contributed by atoms with E-state index in [1.807, 2.05) is 47.4 Å². The van der Waals surface area contributed by atoms with Crippen LogP contribution >= 0.6 is 0 Å². The molecule has 1 heterocycles. The minimum absolute atomic E-state index is 0.0503. The summed E-state index contributed by atoms with van der Waals surface area (Å²) < 4.78 is 0. The monoisotopic (exact) mass is 324 g/mol. The summed E-state index contributed by atoms with van der Waals surface area (Å²) in [6.07, 6.45) is 1.59. The van der Waals surface area contributed by atoms with E-state index in [-0.39, 0.29) is 24.6 Å². The molecule has 126 valence electrons. The summed E-state index contributed by atoms with van der Waals surface area (Å²) in [5, 5.41) is 13.2. The molecule has 24 heavy (non-hydrogen) atoms. The summed E-state index contributed by atoms with van der Waals surface area (Å²) in [7, 11) is 0. The zero-order valence-electron chi connectivity index (χ0n) is 14.0. The van der Waals surface area contributed by atoms with E-state index >= 15 is 0 Å². The molecular formula is C20H24N2O2. The first-order chi connectivity index (χ1) is 11.7. The largest absolute Gasteiger partial charge is 0.394 e. The fraction of sp³-hybridized carbons (Fsp3) is 0.350. The standard InChI is InChI=1S/C20H24N2O2/c1-15(21-19(14-23)17-6-3-2-4-7-17)16-9-11-18(12-10-16)22-13-5-8-20(22)24/h2-4,6-7,9-12,15,19,21,23H,5,8,13-14H2,1H3. The zero-order valence-corrected chi connectivity index (χ0v) is 14.0. The quantitative estimate of drug-likeness (QED) is 0.858. The summed E-state index contributed by atoms with van der Waals surface area (Å²) in [5.41, 5.74) is 3.18. The number of hydrogen-bond donors (Lipinski definition) is 2. The van der Waals surface area contributed by atoms with Crippen LogP contribution in [0.1, 0.15) is 43.0 Å². The molecule has 1 fully saturated rings. The Hall–Kier alpha value is -2.17. The predicted molar refractivity (Wildman–Crippen MR) is 95.8 cm³/mol. The molecule has 2 aromatic rings. The fourth-order valence-corrected chi connectivity index (χ4v) is 3.20. The molecule has 0 bridgehead atoms. The first-order valence-corrected chi connectivity index (χ1v) is 8.51. The van der Waals surface area contributed by atoms with Crippen LogP contribution in [0.15, 0.2) is 54.6 Å². The molecule has 4 heteroatoms. The Morgan fingerprint density at radius 2 is 1.79 bits per heavy atom. The van der Waals surface area contributed by atoms with Gasteiger partial charge >= 0.3 is 0 Å². The number of amides is 1. The van der Waals surface area contributed by atoms with E-state index in [0.717, 1.165) is 29.8 Å². The van der Waals surface area contributed by atoms with Gasteiger partial charge in [-0.2, -0.15) is 0 Å². The van der Waals surface area contributed by atoms with Crippen molar-refractivity contribution >= 4 is 11.6 Å². The zero-order chi connectivity index (χ0) is 16.9. The number of carbonyl (C=O) groups excluding carboxylic acids is 1. The van der Waals surface area contributed by atoms with Crippen molar-refractivity contribution in [2.45, 2.75) is 31.8 Å². The highest BCUT2D eigenvalue weighted by Gasteiger charge is 2.22. The number of aliphatic hydroxyl groups excluding tert-OH is 1. The third kappa shape index (κ3) is 3.66. The normalized spacial score (nSPS) is 17.1. The van der Waals surface area contributed by atoms with Crippen molar-refractivity contribution in [3.8, 4) is 0 Å². The number of nitrogens with one attached hydrogen (secondary N) is 1. The number of benzene rings is 2. The van der Waals surface area contributed by atoms with E-state index in [9.17, 15) is 9.90 Å². The highest BCUT2D eigenvalue weighted by atomic mass is 16.3. The summed E-state index contributed by atoms with van der Waals surface area (Å²) in [5.74, 6) is 0.207. The Labute approximate surface area is 143 Å². The number of carbonyl (C=O) groups is 1. The fourth-order valence-electron chi connectivity index (χ4n) is 3.20. The first kappa shape index (κ1) is 16.7. The molecule has 2 N–H and O–H groups in total. The highest BCUT2D eigenvalue weighted by Crippen LogP contribution is 2.25. The van der Waals surface area contributed by atoms with Crippen LogP contribution < -0.4 is 10.2 Å². The lowest BCUT2D eigenvalue weighted by Gasteiger charge is -2.23. The van der Waals surface area contributed by atoms with E-state index in [2.05, 4.69) is 24.4 Å². The number of anilines is 1. The van der Waals surface area contributed by atoms with Crippen LogP contribution in [0.3, 0.4) is 0 Å². The lowest BCUT2D eigenvalue weighted by Crippen LogP contribution is -2.27. The molecule has 1 amide bonds. The molecule has 2 unspecified atom stereocenters. The molecule has 1 saturated heterocycles. The van der Waals surface area contributed by atoms with Gasteiger partial charge in [-0.15, -0.1) is 0 Å². The van der Waals surface area contributed by atoms with Gasteiger partial charge < -0.3 is 15.3 Å². The topological polar surface area (TPSA) is 52.6 Å². The minimum Gasteiger partial charge on any atom is -0.394 e. The summed E-state index contributed by atoms with van der Waals surface area (Å²) in [4.78, 5) is 13.7. The lowest BCUT2D eigenvalue weighted by molar-refractivity contribution is -0.117. The van der Waals surface area contributed by atoms with Crippen molar-refractivity contribution in [2.75, 3.05) is 18.1 Å². The van der Waals surface area contributed by atoms with Gasteiger partial charge in [0.2, 0.25) is 5.91 Å². The van der Waals surface area contributed by atoms with Gasteiger partial charge in [0.1, 0.15) is 0 Å². The summed E-state index contributed by atoms with van der Waals surface area (Å²) in [6.45, 7) is 2.95. The maximum absolute atomic E-state index is 11.8. The van der Waals surface area contributed by atoms with Crippen molar-refractivity contribution in [1.29, 1.82) is 0 Å². The van der Waals surface area contributed by atoms with Crippen molar-refractivity contribution < 1.29 is 9.90 Å². The van der Waals surface area contributed by atoms with Crippen molar-refractivity contribution in [2.24, 2.45) is 0 Å².